The van der Waals surface area contributed by atoms with Crippen LogP contribution in [0.5, 0.6) is 0 Å². The highest BCUT2D eigenvalue weighted by Gasteiger charge is 1.75. The summed E-state index contributed by atoms with van der Waals surface area (Å²) in [6.07, 6.45) is 2.78. The lowest BCUT2D eigenvalue weighted by Crippen LogP contribution is -1.90. The lowest BCUT2D eigenvalue weighted by molar-refractivity contribution is 0.166. The van der Waals surface area contributed by atoms with Crippen molar-refractivity contribution in [1.82, 2.24) is 0 Å². The van der Waals surface area contributed by atoms with E-state index in [1.54, 1.807) is 7.11 Å². The lowest BCUT2D eigenvalue weighted by Gasteiger charge is -1.89. The smallest absolute Gasteiger partial charge is 0.0484 e. The van der Waals surface area contributed by atoms with E-state index in [-0.39, 0.29) is 6.61 Å². The van der Waals surface area contributed by atoms with E-state index in [9.17, 15) is 0 Å². The first kappa shape index (κ1) is 13.5. The Hall–Kier alpha value is -0.120. The zero-order chi connectivity index (χ0) is 8.95. The molecule has 0 aliphatic carbocycles. The van der Waals surface area contributed by atoms with E-state index in [4.69, 9.17) is 10.2 Å². The lowest BCUT2D eigenvalue weighted by atomic mass is 10.4. The molecule has 0 radical (unpaired) electrons. The summed E-state index contributed by atoms with van der Waals surface area (Å²) in [6, 6.07) is 0. The van der Waals surface area contributed by atoms with Gasteiger partial charge in [-0.25, -0.2) is 0 Å². The van der Waals surface area contributed by atoms with Crippen molar-refractivity contribution in [3.05, 3.63) is 0 Å². The summed E-state index contributed by atoms with van der Waals surface area (Å²) < 4.78 is 4.62. The number of unbranched alkanes of at least 4 members (excludes halogenated alkanes) is 1. The molecule has 0 bridgehead atoms. The summed E-state index contributed by atoms with van der Waals surface area (Å²) >= 11 is 0. The standard InChI is InChI=1S/C4H10O2.C4H10O/c1-6-4-2-3-5;1-2-3-4-5/h5H,2-4H2,1H3;5H,2-4H2,1H3. The van der Waals surface area contributed by atoms with Crippen molar-refractivity contribution in [2.45, 2.75) is 26.2 Å². The number of ether oxygens (including phenoxy) is 1. The van der Waals surface area contributed by atoms with Crippen LogP contribution in [-0.4, -0.2) is 37.1 Å². The molecule has 0 aromatic carbocycles. The Morgan fingerprint density at radius 1 is 1.09 bits per heavy atom. The monoisotopic (exact) mass is 164 g/mol. The number of hydrogen-bond acceptors (Lipinski definition) is 3. The number of hydrogen-bond donors (Lipinski definition) is 2. The molecule has 70 valence electrons. The first-order valence-corrected chi connectivity index (χ1v) is 4.04. The fourth-order valence-corrected chi connectivity index (χ4v) is 0.367. The van der Waals surface area contributed by atoms with Crippen molar-refractivity contribution in [1.29, 1.82) is 0 Å². The third-order valence-electron chi connectivity index (χ3n) is 1.02. The van der Waals surface area contributed by atoms with Crippen LogP contribution in [0.2, 0.25) is 0 Å². The van der Waals surface area contributed by atoms with Gasteiger partial charge in [0.1, 0.15) is 0 Å². The van der Waals surface area contributed by atoms with Gasteiger partial charge >= 0.3 is 0 Å². The predicted octanol–water partition coefficient (Wildman–Crippen LogP) is 0.794. The highest BCUT2D eigenvalue weighted by molar-refractivity contribution is 4.25. The third-order valence-corrected chi connectivity index (χ3v) is 1.02. The van der Waals surface area contributed by atoms with E-state index >= 15 is 0 Å². The second-order valence-corrected chi connectivity index (χ2v) is 2.15. The minimum absolute atomic E-state index is 0.230. The van der Waals surface area contributed by atoms with E-state index in [1.807, 2.05) is 0 Å². The van der Waals surface area contributed by atoms with Gasteiger partial charge in [-0.05, 0) is 12.8 Å². The van der Waals surface area contributed by atoms with Gasteiger partial charge in [-0.15, -0.1) is 0 Å². The molecule has 3 heteroatoms. The molecule has 0 aliphatic rings. The number of rotatable bonds is 5. The minimum Gasteiger partial charge on any atom is -0.396 e. The molecule has 0 heterocycles. The first-order chi connectivity index (χ1) is 5.33. The highest BCUT2D eigenvalue weighted by Crippen LogP contribution is 1.78. The van der Waals surface area contributed by atoms with Gasteiger partial charge in [-0.2, -0.15) is 0 Å². The number of methoxy groups -OCH3 is 1. The van der Waals surface area contributed by atoms with Crippen molar-refractivity contribution in [2.24, 2.45) is 0 Å². The Labute approximate surface area is 69.0 Å². The SMILES string of the molecule is CCCCO.COCCCO. The van der Waals surface area contributed by atoms with E-state index < -0.39 is 0 Å². The second-order valence-electron chi connectivity index (χ2n) is 2.15. The van der Waals surface area contributed by atoms with Gasteiger partial charge in [-0.1, -0.05) is 13.3 Å². The Balaban J connectivity index is 0. The summed E-state index contributed by atoms with van der Waals surface area (Å²) in [5.74, 6) is 0. The minimum atomic E-state index is 0.230. The molecular formula is C8H20O3. The molecule has 0 spiro atoms. The van der Waals surface area contributed by atoms with Gasteiger partial charge in [0.2, 0.25) is 0 Å². The van der Waals surface area contributed by atoms with Crippen LogP contribution in [0.4, 0.5) is 0 Å². The normalized spacial score (nSPS) is 8.73. The van der Waals surface area contributed by atoms with Crippen molar-refractivity contribution in [2.75, 3.05) is 26.9 Å². The Morgan fingerprint density at radius 3 is 1.73 bits per heavy atom. The maximum atomic E-state index is 8.12. The molecule has 0 rings (SSSR count). The summed E-state index contributed by atoms with van der Waals surface area (Å²) in [4.78, 5) is 0. The molecule has 0 aliphatic heterocycles. The molecule has 0 saturated heterocycles. The fraction of sp³-hybridized carbons (Fsp3) is 1.00. The fourth-order valence-electron chi connectivity index (χ4n) is 0.367. The summed E-state index contributed by atoms with van der Waals surface area (Å²) in [5, 5.41) is 16.2. The molecule has 0 fully saturated rings. The maximum Gasteiger partial charge on any atom is 0.0484 e. The molecule has 2 N–H and O–H groups in total. The Bertz CT molecular complexity index is 42.6. The van der Waals surface area contributed by atoms with Crippen LogP contribution in [0.1, 0.15) is 26.2 Å². The van der Waals surface area contributed by atoms with Crippen LogP contribution in [-0.2, 0) is 4.74 Å². The highest BCUT2D eigenvalue weighted by atomic mass is 16.5. The van der Waals surface area contributed by atoms with Crippen molar-refractivity contribution >= 4 is 0 Å². The van der Waals surface area contributed by atoms with E-state index in [0.29, 0.717) is 13.2 Å². The molecule has 0 unspecified atom stereocenters. The van der Waals surface area contributed by atoms with Crippen LogP contribution in [0.15, 0.2) is 0 Å². The van der Waals surface area contributed by atoms with E-state index in [1.165, 1.54) is 0 Å². The van der Waals surface area contributed by atoms with Gasteiger partial charge in [0, 0.05) is 26.9 Å². The maximum absolute atomic E-state index is 8.12. The van der Waals surface area contributed by atoms with Gasteiger partial charge in [0.25, 0.3) is 0 Å². The van der Waals surface area contributed by atoms with Crippen LogP contribution in [0.3, 0.4) is 0 Å². The quantitative estimate of drug-likeness (QED) is 0.591. The van der Waals surface area contributed by atoms with Gasteiger partial charge in [0.05, 0.1) is 0 Å². The van der Waals surface area contributed by atoms with E-state index in [2.05, 4.69) is 11.7 Å². The Kier molecular flexibility index (Phi) is 20.2. The third kappa shape index (κ3) is 25.8. The van der Waals surface area contributed by atoms with Gasteiger partial charge < -0.3 is 14.9 Å². The van der Waals surface area contributed by atoms with Crippen molar-refractivity contribution < 1.29 is 14.9 Å². The molecule has 0 atom stereocenters. The van der Waals surface area contributed by atoms with Crippen LogP contribution in [0, 0.1) is 0 Å². The average molecular weight is 164 g/mol. The van der Waals surface area contributed by atoms with Crippen LogP contribution < -0.4 is 0 Å². The summed E-state index contributed by atoms with van der Waals surface area (Å²) in [7, 11) is 1.62. The van der Waals surface area contributed by atoms with Gasteiger partial charge in [-0.3, -0.25) is 0 Å². The topological polar surface area (TPSA) is 49.7 Å². The molecule has 3 nitrogen and oxygen atoms in total. The average Bonchev–Trinajstić information content (AvgIpc) is 2.04. The molecule has 0 saturated carbocycles. The molecule has 0 aromatic rings. The zero-order valence-corrected chi connectivity index (χ0v) is 7.55. The Morgan fingerprint density at radius 2 is 1.64 bits per heavy atom. The summed E-state index contributed by atoms with van der Waals surface area (Å²) in [6.45, 7) is 3.29. The summed E-state index contributed by atoms with van der Waals surface area (Å²) in [5.41, 5.74) is 0. The largest absolute Gasteiger partial charge is 0.396 e. The van der Waals surface area contributed by atoms with Gasteiger partial charge in [0.15, 0.2) is 0 Å². The van der Waals surface area contributed by atoms with E-state index in [0.717, 1.165) is 19.3 Å². The molecule has 0 amide bonds. The van der Waals surface area contributed by atoms with Crippen molar-refractivity contribution in [3.63, 3.8) is 0 Å². The molecule has 0 aromatic heterocycles. The van der Waals surface area contributed by atoms with Crippen LogP contribution in [0.25, 0.3) is 0 Å². The van der Waals surface area contributed by atoms with Crippen LogP contribution >= 0.6 is 0 Å². The zero-order valence-electron chi connectivity index (χ0n) is 7.55. The van der Waals surface area contributed by atoms with Crippen molar-refractivity contribution in [3.8, 4) is 0 Å². The number of aliphatic hydroxyl groups excluding tert-OH is 2. The predicted molar refractivity (Wildman–Crippen MR) is 45.6 cm³/mol. The molecular weight excluding hydrogens is 144 g/mol. The second kappa shape index (κ2) is 16.5. The number of aliphatic hydroxyl groups is 2. The first-order valence-electron chi connectivity index (χ1n) is 4.04. The molecule has 11 heavy (non-hydrogen) atoms.